The van der Waals surface area contributed by atoms with Crippen molar-refractivity contribution in [3.8, 4) is 0 Å². The molecule has 0 unspecified atom stereocenters. The van der Waals surface area contributed by atoms with Gasteiger partial charge in [0.2, 0.25) is 10.0 Å². The number of nitrogens with zero attached hydrogens (tertiary/aromatic N) is 1. The van der Waals surface area contributed by atoms with Gasteiger partial charge in [0.15, 0.2) is 0 Å². The van der Waals surface area contributed by atoms with Gasteiger partial charge in [-0.05, 0) is 25.7 Å². The van der Waals surface area contributed by atoms with Crippen molar-refractivity contribution in [2.75, 3.05) is 7.05 Å². The predicted octanol–water partition coefficient (Wildman–Crippen LogP) is 0.573. The summed E-state index contributed by atoms with van der Waals surface area (Å²) in [5.41, 5.74) is 0. The molecular formula is C7H13NO2S. The van der Waals surface area contributed by atoms with Crippen molar-refractivity contribution >= 4 is 10.0 Å². The fraction of sp³-hybridized carbons (Fsp3) is 1.00. The molecule has 2 aliphatic carbocycles. The van der Waals surface area contributed by atoms with Crippen LogP contribution in [-0.2, 0) is 10.0 Å². The summed E-state index contributed by atoms with van der Waals surface area (Å²) in [6, 6.07) is 0.334. The zero-order chi connectivity index (χ0) is 8.06. The van der Waals surface area contributed by atoms with E-state index in [1.54, 1.807) is 11.4 Å². The first kappa shape index (κ1) is 7.55. The number of sulfonamides is 1. The van der Waals surface area contributed by atoms with Gasteiger partial charge in [-0.2, -0.15) is 0 Å². The molecule has 0 saturated heterocycles. The molecule has 4 heteroatoms. The van der Waals surface area contributed by atoms with Gasteiger partial charge in [-0.1, -0.05) is 0 Å². The second-order valence-corrected chi connectivity index (χ2v) is 5.76. The molecule has 0 aromatic heterocycles. The summed E-state index contributed by atoms with van der Waals surface area (Å²) in [5.74, 6) is 0. The second kappa shape index (κ2) is 2.20. The van der Waals surface area contributed by atoms with Gasteiger partial charge < -0.3 is 0 Å². The number of hydrogen-bond acceptors (Lipinski definition) is 2. The van der Waals surface area contributed by atoms with Crippen molar-refractivity contribution in [1.29, 1.82) is 0 Å². The molecule has 3 nitrogen and oxygen atoms in total. The third kappa shape index (κ3) is 1.29. The molecule has 0 heterocycles. The van der Waals surface area contributed by atoms with Crippen LogP contribution in [0.4, 0.5) is 0 Å². The van der Waals surface area contributed by atoms with Crippen molar-refractivity contribution in [2.24, 2.45) is 0 Å². The van der Waals surface area contributed by atoms with Gasteiger partial charge in [0.05, 0.1) is 5.25 Å². The van der Waals surface area contributed by atoms with Crippen LogP contribution in [0.3, 0.4) is 0 Å². The van der Waals surface area contributed by atoms with Gasteiger partial charge in [-0.3, -0.25) is 0 Å². The first-order chi connectivity index (χ1) is 5.12. The second-order valence-electron chi connectivity index (χ2n) is 3.49. The van der Waals surface area contributed by atoms with Crippen LogP contribution < -0.4 is 0 Å². The molecule has 64 valence electrons. The molecular weight excluding hydrogens is 162 g/mol. The maximum atomic E-state index is 11.5. The Kier molecular flexibility index (Phi) is 1.51. The maximum Gasteiger partial charge on any atom is 0.216 e. The number of hydrogen-bond donors (Lipinski definition) is 0. The van der Waals surface area contributed by atoms with Gasteiger partial charge in [0.1, 0.15) is 0 Å². The van der Waals surface area contributed by atoms with Crippen LogP contribution in [0.2, 0.25) is 0 Å². The first-order valence-electron chi connectivity index (χ1n) is 4.09. The normalized spacial score (nSPS) is 26.0. The van der Waals surface area contributed by atoms with Gasteiger partial charge in [0.25, 0.3) is 0 Å². The third-order valence-electron chi connectivity index (χ3n) is 2.41. The summed E-state index contributed by atoms with van der Waals surface area (Å²) < 4.78 is 24.6. The van der Waals surface area contributed by atoms with E-state index in [-0.39, 0.29) is 5.25 Å². The van der Waals surface area contributed by atoms with Gasteiger partial charge in [0, 0.05) is 13.1 Å². The molecule has 2 aliphatic rings. The van der Waals surface area contributed by atoms with Crippen LogP contribution in [0, 0.1) is 0 Å². The lowest BCUT2D eigenvalue weighted by Crippen LogP contribution is -2.31. The minimum Gasteiger partial charge on any atom is -0.212 e. The highest BCUT2D eigenvalue weighted by atomic mass is 32.2. The molecule has 0 aromatic carbocycles. The van der Waals surface area contributed by atoms with Crippen LogP contribution >= 0.6 is 0 Å². The molecule has 2 rings (SSSR count). The highest BCUT2D eigenvalue weighted by Crippen LogP contribution is 2.36. The fourth-order valence-electron chi connectivity index (χ4n) is 1.25. The zero-order valence-corrected chi connectivity index (χ0v) is 7.47. The maximum absolute atomic E-state index is 11.5. The summed E-state index contributed by atoms with van der Waals surface area (Å²) in [6.07, 6.45) is 3.86. The Balaban J connectivity index is 2.11. The summed E-state index contributed by atoms with van der Waals surface area (Å²) >= 11 is 0. The summed E-state index contributed by atoms with van der Waals surface area (Å²) in [7, 11) is -1.16. The minimum absolute atomic E-state index is 0.0342. The Labute approximate surface area is 67.4 Å². The fourth-order valence-corrected chi connectivity index (χ4v) is 3.08. The van der Waals surface area contributed by atoms with E-state index in [2.05, 4.69) is 0 Å². The summed E-state index contributed by atoms with van der Waals surface area (Å²) in [4.78, 5) is 0. The minimum atomic E-state index is -2.87. The Bertz CT molecular complexity index is 252. The molecule has 0 radical (unpaired) electrons. The molecule has 2 saturated carbocycles. The van der Waals surface area contributed by atoms with Crippen molar-refractivity contribution in [2.45, 2.75) is 37.0 Å². The molecule has 0 amide bonds. The molecule has 0 spiro atoms. The van der Waals surface area contributed by atoms with Crippen molar-refractivity contribution in [1.82, 2.24) is 4.31 Å². The summed E-state index contributed by atoms with van der Waals surface area (Å²) in [5, 5.41) is -0.0342. The van der Waals surface area contributed by atoms with E-state index in [0.717, 1.165) is 25.7 Å². The van der Waals surface area contributed by atoms with Crippen LogP contribution in [0.15, 0.2) is 0 Å². The Morgan fingerprint density at radius 1 is 1.18 bits per heavy atom. The highest BCUT2D eigenvalue weighted by molar-refractivity contribution is 7.90. The number of rotatable bonds is 3. The van der Waals surface area contributed by atoms with E-state index in [1.165, 1.54) is 0 Å². The van der Waals surface area contributed by atoms with E-state index in [0.29, 0.717) is 6.04 Å². The standard InChI is InChI=1S/C7H13NO2S/c1-8(6-2-3-6)11(9,10)7-4-5-7/h6-7H,2-5H2,1H3. The topological polar surface area (TPSA) is 37.4 Å². The molecule has 0 atom stereocenters. The third-order valence-corrected chi connectivity index (χ3v) is 4.82. The zero-order valence-electron chi connectivity index (χ0n) is 6.66. The van der Waals surface area contributed by atoms with Gasteiger partial charge >= 0.3 is 0 Å². The highest BCUT2D eigenvalue weighted by Gasteiger charge is 2.43. The molecule has 0 bridgehead atoms. The Morgan fingerprint density at radius 3 is 2.09 bits per heavy atom. The van der Waals surface area contributed by atoms with E-state index >= 15 is 0 Å². The molecule has 0 N–H and O–H groups in total. The van der Waals surface area contributed by atoms with E-state index in [1.807, 2.05) is 0 Å². The van der Waals surface area contributed by atoms with Crippen LogP contribution in [0.5, 0.6) is 0 Å². The predicted molar refractivity (Wildman–Crippen MR) is 42.7 cm³/mol. The monoisotopic (exact) mass is 175 g/mol. The average molecular weight is 175 g/mol. The Hall–Kier alpha value is -0.0900. The van der Waals surface area contributed by atoms with Gasteiger partial charge in [-0.25, -0.2) is 12.7 Å². The largest absolute Gasteiger partial charge is 0.216 e. The smallest absolute Gasteiger partial charge is 0.212 e. The van der Waals surface area contributed by atoms with Crippen LogP contribution in [-0.4, -0.2) is 31.1 Å². The SMILES string of the molecule is CN(C1CC1)S(=O)(=O)C1CC1. The van der Waals surface area contributed by atoms with Gasteiger partial charge in [-0.15, -0.1) is 0 Å². The van der Waals surface area contributed by atoms with Crippen LogP contribution in [0.25, 0.3) is 0 Å². The first-order valence-corrected chi connectivity index (χ1v) is 5.59. The van der Waals surface area contributed by atoms with E-state index < -0.39 is 10.0 Å². The molecule has 2 fully saturated rings. The molecule has 11 heavy (non-hydrogen) atoms. The lowest BCUT2D eigenvalue weighted by molar-refractivity contribution is 0.463. The van der Waals surface area contributed by atoms with Crippen LogP contribution in [0.1, 0.15) is 25.7 Å². The summed E-state index contributed by atoms with van der Waals surface area (Å²) in [6.45, 7) is 0. The van der Waals surface area contributed by atoms with E-state index in [9.17, 15) is 8.42 Å². The average Bonchev–Trinajstić information content (AvgIpc) is 2.79. The quantitative estimate of drug-likeness (QED) is 0.629. The van der Waals surface area contributed by atoms with Crippen molar-refractivity contribution in [3.05, 3.63) is 0 Å². The molecule has 0 aliphatic heterocycles. The lowest BCUT2D eigenvalue weighted by atomic mass is 10.7. The van der Waals surface area contributed by atoms with Crippen molar-refractivity contribution in [3.63, 3.8) is 0 Å². The lowest BCUT2D eigenvalue weighted by Gasteiger charge is -2.15. The van der Waals surface area contributed by atoms with Crippen molar-refractivity contribution < 1.29 is 8.42 Å². The van der Waals surface area contributed by atoms with E-state index in [4.69, 9.17) is 0 Å². The molecule has 0 aromatic rings. The Morgan fingerprint density at radius 2 is 1.73 bits per heavy atom.